The molecule has 2 aromatic heterocycles. The molecule has 8 heteroatoms. The number of nitrogens with zero attached hydrogens (tertiary/aromatic N) is 4. The van der Waals surface area contributed by atoms with E-state index in [4.69, 9.17) is 11.6 Å². The Balaban J connectivity index is 1.65. The van der Waals surface area contributed by atoms with Gasteiger partial charge in [-0.1, -0.05) is 35.9 Å². The van der Waals surface area contributed by atoms with Crippen molar-refractivity contribution >= 4 is 22.6 Å². The number of nitrogens with one attached hydrogen (secondary N) is 1. The molecular formula is C20H17ClFN5O. The molecule has 4 rings (SSSR count). The molecule has 28 heavy (non-hydrogen) atoms. The van der Waals surface area contributed by atoms with Crippen molar-refractivity contribution in [2.24, 2.45) is 0 Å². The molecular weight excluding hydrogens is 381 g/mol. The number of H-pyrrole nitrogens is 1. The van der Waals surface area contributed by atoms with E-state index >= 15 is 0 Å². The van der Waals surface area contributed by atoms with Crippen molar-refractivity contribution in [1.82, 2.24) is 24.6 Å². The van der Waals surface area contributed by atoms with Crippen LogP contribution in [-0.2, 0) is 13.1 Å². The fourth-order valence-electron chi connectivity index (χ4n) is 3.06. The highest BCUT2D eigenvalue weighted by Crippen LogP contribution is 2.21. The fourth-order valence-corrected chi connectivity index (χ4v) is 3.28. The maximum Gasteiger partial charge on any atom is 0.262 e. The summed E-state index contributed by atoms with van der Waals surface area (Å²) in [5.41, 5.74) is 1.43. The SMILES string of the molecule is CN(Cc1nc2c(cnn2-c2ccccc2)c(=O)[nH]1)Cc1c(F)cccc1Cl. The summed E-state index contributed by atoms with van der Waals surface area (Å²) in [4.78, 5) is 21.6. The van der Waals surface area contributed by atoms with Gasteiger partial charge in [-0.2, -0.15) is 5.10 Å². The quantitative estimate of drug-likeness (QED) is 0.559. The lowest BCUT2D eigenvalue weighted by molar-refractivity contribution is 0.305. The molecule has 0 aliphatic heterocycles. The van der Waals surface area contributed by atoms with Crippen LogP contribution < -0.4 is 5.56 Å². The maximum atomic E-state index is 14.0. The summed E-state index contributed by atoms with van der Waals surface area (Å²) in [6.07, 6.45) is 1.50. The number of hydrogen-bond acceptors (Lipinski definition) is 4. The molecule has 2 aromatic carbocycles. The Bertz CT molecular complexity index is 1170. The van der Waals surface area contributed by atoms with E-state index in [1.165, 1.54) is 12.3 Å². The maximum absolute atomic E-state index is 14.0. The van der Waals surface area contributed by atoms with Gasteiger partial charge >= 0.3 is 0 Å². The number of halogens is 2. The molecule has 2 heterocycles. The number of aromatic amines is 1. The summed E-state index contributed by atoms with van der Waals surface area (Å²) in [6, 6.07) is 14.1. The zero-order valence-corrected chi connectivity index (χ0v) is 15.8. The van der Waals surface area contributed by atoms with Crippen molar-refractivity contribution < 1.29 is 4.39 Å². The number of rotatable bonds is 5. The van der Waals surface area contributed by atoms with Gasteiger partial charge in [0.1, 0.15) is 17.0 Å². The zero-order valence-electron chi connectivity index (χ0n) is 15.1. The van der Waals surface area contributed by atoms with E-state index in [0.717, 1.165) is 5.69 Å². The molecule has 4 aromatic rings. The van der Waals surface area contributed by atoms with Crippen LogP contribution in [-0.4, -0.2) is 31.7 Å². The Labute approximate surface area is 165 Å². The second-order valence-corrected chi connectivity index (χ2v) is 6.92. The predicted molar refractivity (Wildman–Crippen MR) is 106 cm³/mol. The Hall–Kier alpha value is -3.03. The molecule has 0 fully saturated rings. The topological polar surface area (TPSA) is 66.8 Å². The minimum atomic E-state index is -0.363. The Kier molecular flexibility index (Phi) is 4.93. The Morgan fingerprint density at radius 1 is 1.14 bits per heavy atom. The molecule has 0 radical (unpaired) electrons. The van der Waals surface area contributed by atoms with Crippen LogP contribution in [0.4, 0.5) is 4.39 Å². The van der Waals surface area contributed by atoms with Crippen LogP contribution in [0.5, 0.6) is 0 Å². The number of aromatic nitrogens is 4. The molecule has 1 N–H and O–H groups in total. The van der Waals surface area contributed by atoms with Gasteiger partial charge in [-0.05, 0) is 31.3 Å². The number of para-hydroxylation sites is 1. The zero-order chi connectivity index (χ0) is 19.7. The van der Waals surface area contributed by atoms with Gasteiger partial charge in [0.25, 0.3) is 5.56 Å². The summed E-state index contributed by atoms with van der Waals surface area (Å²) in [7, 11) is 1.81. The van der Waals surface area contributed by atoms with Crippen LogP contribution in [0.1, 0.15) is 11.4 Å². The van der Waals surface area contributed by atoms with Gasteiger partial charge in [-0.15, -0.1) is 0 Å². The van der Waals surface area contributed by atoms with Crippen molar-refractivity contribution in [3.8, 4) is 5.69 Å². The van der Waals surface area contributed by atoms with Crippen LogP contribution in [0.2, 0.25) is 5.02 Å². The van der Waals surface area contributed by atoms with Crippen LogP contribution >= 0.6 is 11.6 Å². The first-order valence-electron chi connectivity index (χ1n) is 8.66. The molecule has 0 atom stereocenters. The van der Waals surface area contributed by atoms with E-state index in [-0.39, 0.29) is 17.9 Å². The lowest BCUT2D eigenvalue weighted by atomic mass is 10.2. The third-order valence-electron chi connectivity index (χ3n) is 4.40. The Morgan fingerprint density at radius 3 is 2.68 bits per heavy atom. The van der Waals surface area contributed by atoms with E-state index in [0.29, 0.717) is 34.0 Å². The average Bonchev–Trinajstić information content (AvgIpc) is 3.10. The summed E-state index contributed by atoms with van der Waals surface area (Å²) in [5.74, 6) is 0.101. The standard InChI is InChI=1S/C20H17ClFN5O/c1-26(11-15-16(21)8-5-9-17(15)22)12-18-24-19-14(20(28)25-18)10-23-27(19)13-6-3-2-4-7-13/h2-10H,11-12H2,1H3,(H,24,25,28). The molecule has 142 valence electrons. The summed E-state index contributed by atoms with van der Waals surface area (Å²) >= 11 is 6.10. The van der Waals surface area contributed by atoms with Crippen molar-refractivity contribution in [2.75, 3.05) is 7.05 Å². The molecule has 0 aliphatic rings. The first-order chi connectivity index (χ1) is 13.5. The van der Waals surface area contributed by atoms with Crippen molar-refractivity contribution in [3.63, 3.8) is 0 Å². The van der Waals surface area contributed by atoms with Crippen LogP contribution in [0.15, 0.2) is 59.5 Å². The van der Waals surface area contributed by atoms with Gasteiger partial charge in [0, 0.05) is 17.1 Å². The van der Waals surface area contributed by atoms with Crippen molar-refractivity contribution in [3.05, 3.63) is 87.3 Å². The second-order valence-electron chi connectivity index (χ2n) is 6.51. The average molecular weight is 398 g/mol. The summed E-state index contributed by atoms with van der Waals surface area (Å²) in [6.45, 7) is 0.598. The fraction of sp³-hybridized carbons (Fsp3) is 0.150. The first-order valence-corrected chi connectivity index (χ1v) is 9.04. The second kappa shape index (κ2) is 7.53. The molecule has 0 spiro atoms. The number of benzene rings is 2. The summed E-state index contributed by atoms with van der Waals surface area (Å²) in [5, 5.41) is 5.07. The van der Waals surface area contributed by atoms with Crippen LogP contribution in [0.3, 0.4) is 0 Å². The molecule has 0 saturated heterocycles. The third kappa shape index (κ3) is 3.54. The molecule has 6 nitrogen and oxygen atoms in total. The van der Waals surface area contributed by atoms with Gasteiger partial charge in [0.2, 0.25) is 0 Å². The van der Waals surface area contributed by atoms with Crippen LogP contribution in [0.25, 0.3) is 16.7 Å². The van der Waals surface area contributed by atoms with Gasteiger partial charge in [0.05, 0.1) is 18.4 Å². The first kappa shape index (κ1) is 18.3. The van der Waals surface area contributed by atoms with Gasteiger partial charge < -0.3 is 4.98 Å². The molecule has 0 unspecified atom stereocenters. The third-order valence-corrected chi connectivity index (χ3v) is 4.75. The number of fused-ring (bicyclic) bond motifs is 1. The largest absolute Gasteiger partial charge is 0.309 e. The minimum absolute atomic E-state index is 0.264. The smallest absolute Gasteiger partial charge is 0.262 e. The van der Waals surface area contributed by atoms with E-state index in [2.05, 4.69) is 15.1 Å². The molecule has 0 saturated carbocycles. The normalized spacial score (nSPS) is 11.4. The van der Waals surface area contributed by atoms with Gasteiger partial charge in [-0.3, -0.25) is 9.69 Å². The lowest BCUT2D eigenvalue weighted by Gasteiger charge is -2.17. The van der Waals surface area contributed by atoms with Crippen molar-refractivity contribution in [2.45, 2.75) is 13.1 Å². The highest BCUT2D eigenvalue weighted by atomic mass is 35.5. The summed E-state index contributed by atoms with van der Waals surface area (Å²) < 4.78 is 15.7. The minimum Gasteiger partial charge on any atom is -0.309 e. The number of hydrogen-bond donors (Lipinski definition) is 1. The van der Waals surface area contributed by atoms with Crippen LogP contribution in [0, 0.1) is 5.82 Å². The molecule has 0 amide bonds. The predicted octanol–water partition coefficient (Wildman–Crippen LogP) is 3.53. The monoisotopic (exact) mass is 397 g/mol. The Morgan fingerprint density at radius 2 is 1.93 bits per heavy atom. The highest BCUT2D eigenvalue weighted by Gasteiger charge is 2.14. The molecule has 0 bridgehead atoms. The van der Waals surface area contributed by atoms with E-state index in [1.807, 2.05) is 35.2 Å². The van der Waals surface area contributed by atoms with E-state index in [9.17, 15) is 9.18 Å². The van der Waals surface area contributed by atoms with E-state index < -0.39 is 0 Å². The van der Waals surface area contributed by atoms with Gasteiger partial charge in [-0.25, -0.2) is 14.1 Å². The lowest BCUT2D eigenvalue weighted by Crippen LogP contribution is -2.22. The van der Waals surface area contributed by atoms with Crippen molar-refractivity contribution in [1.29, 1.82) is 0 Å². The molecule has 0 aliphatic carbocycles. The van der Waals surface area contributed by atoms with E-state index in [1.54, 1.807) is 23.9 Å². The highest BCUT2D eigenvalue weighted by molar-refractivity contribution is 6.31. The van der Waals surface area contributed by atoms with Gasteiger partial charge in [0.15, 0.2) is 5.65 Å².